The average Bonchev–Trinajstić information content (AvgIpc) is 3.47. The maximum atomic E-state index is 13.0. The molecule has 1 amide bonds. The van der Waals surface area contributed by atoms with Crippen molar-refractivity contribution in [1.82, 2.24) is 14.9 Å². The predicted octanol–water partition coefficient (Wildman–Crippen LogP) is 3.96. The summed E-state index contributed by atoms with van der Waals surface area (Å²) in [4.78, 5) is 36.9. The number of hydrogen-bond acceptors (Lipinski definition) is 9. The summed E-state index contributed by atoms with van der Waals surface area (Å²) in [5.41, 5.74) is 0.760. The topological polar surface area (TPSA) is 154 Å². The fourth-order valence-electron chi connectivity index (χ4n) is 4.54. The van der Waals surface area contributed by atoms with Crippen molar-refractivity contribution in [3.63, 3.8) is 0 Å². The molecule has 3 rings (SSSR count). The van der Waals surface area contributed by atoms with Gasteiger partial charge in [0.15, 0.2) is 5.82 Å². The largest absolute Gasteiger partial charge is 0.480 e. The van der Waals surface area contributed by atoms with E-state index in [4.69, 9.17) is 4.74 Å². The van der Waals surface area contributed by atoms with E-state index in [0.717, 1.165) is 12.8 Å². The lowest BCUT2D eigenvalue weighted by Crippen LogP contribution is -2.34. The van der Waals surface area contributed by atoms with Crippen LogP contribution in [-0.4, -0.2) is 77.9 Å². The summed E-state index contributed by atoms with van der Waals surface area (Å²) in [5, 5.41) is 12.3. The van der Waals surface area contributed by atoms with Gasteiger partial charge in [-0.3, -0.25) is 4.72 Å². The highest BCUT2D eigenvalue weighted by Crippen LogP contribution is 2.26. The normalized spacial score (nSPS) is 14.2. The lowest BCUT2D eigenvalue weighted by molar-refractivity contribution is -0.137. The van der Waals surface area contributed by atoms with Gasteiger partial charge in [0.25, 0.3) is 0 Å². The van der Waals surface area contributed by atoms with Gasteiger partial charge in [0.1, 0.15) is 17.5 Å². The summed E-state index contributed by atoms with van der Waals surface area (Å²) in [6.45, 7) is 10.1. The molecule has 13 heteroatoms. The van der Waals surface area contributed by atoms with E-state index in [-0.39, 0.29) is 17.9 Å². The predicted molar refractivity (Wildman–Crippen MR) is 155 cm³/mol. The molecule has 1 saturated heterocycles. The number of aliphatic carboxylic acids is 1. The van der Waals surface area contributed by atoms with Crippen LogP contribution in [0.1, 0.15) is 58.9 Å². The maximum Gasteiger partial charge on any atom is 0.415 e. The molecular weight excluding hydrogens is 536 g/mol. The van der Waals surface area contributed by atoms with Crippen molar-refractivity contribution in [2.45, 2.75) is 71.1 Å². The van der Waals surface area contributed by atoms with Gasteiger partial charge in [-0.05, 0) is 57.2 Å². The summed E-state index contributed by atoms with van der Waals surface area (Å²) < 4.78 is 34.0. The van der Waals surface area contributed by atoms with Crippen molar-refractivity contribution in [2.24, 2.45) is 0 Å². The number of benzene rings is 1. The second-order valence-corrected chi connectivity index (χ2v) is 11.6. The van der Waals surface area contributed by atoms with Crippen LogP contribution in [0.2, 0.25) is 0 Å². The minimum absolute atomic E-state index is 0.0685. The van der Waals surface area contributed by atoms with Gasteiger partial charge in [0.2, 0.25) is 16.0 Å². The monoisotopic (exact) mass is 576 g/mol. The van der Waals surface area contributed by atoms with Crippen molar-refractivity contribution >= 4 is 39.5 Å². The molecule has 0 saturated carbocycles. The SMILES string of the molecule is CCC(CC)S(=O)(=O)Nc1cnc(N(CC)CC)nc1N[C@@H](Cc1ccc(OC(=O)N2CCCC2)cc1)C(=O)O. The Labute approximate surface area is 236 Å². The Kier molecular flexibility index (Phi) is 10.9. The maximum absolute atomic E-state index is 13.0. The van der Waals surface area contributed by atoms with E-state index in [0.29, 0.717) is 56.3 Å². The highest BCUT2D eigenvalue weighted by atomic mass is 32.2. The van der Waals surface area contributed by atoms with Gasteiger partial charge in [-0.25, -0.2) is 23.0 Å². The van der Waals surface area contributed by atoms with Crippen molar-refractivity contribution in [3.05, 3.63) is 36.0 Å². The number of ether oxygens (including phenoxy) is 1. The molecule has 220 valence electrons. The number of nitrogens with zero attached hydrogens (tertiary/aromatic N) is 4. The molecule has 1 fully saturated rings. The highest BCUT2D eigenvalue weighted by Gasteiger charge is 2.27. The number of carbonyl (C=O) groups excluding carboxylic acids is 1. The molecule has 0 unspecified atom stereocenters. The van der Waals surface area contributed by atoms with Crippen molar-refractivity contribution in [1.29, 1.82) is 0 Å². The standard InChI is InChI=1S/C27H40N6O6S/c1-5-21(6-2)40(37,38)31-23-18-28-26(32(7-3)8-4)30-24(23)29-22(25(34)35)17-19-11-13-20(14-12-19)39-27(36)33-15-9-10-16-33/h11-14,18,21-22,31H,5-10,15-17H2,1-4H3,(H,34,35)(H,28,29,30)/t22-/m0/s1. The number of aromatic nitrogens is 2. The van der Waals surface area contributed by atoms with Crippen LogP contribution in [0.15, 0.2) is 30.5 Å². The smallest absolute Gasteiger partial charge is 0.415 e. The van der Waals surface area contributed by atoms with Gasteiger partial charge >= 0.3 is 12.1 Å². The Morgan fingerprint density at radius 2 is 1.70 bits per heavy atom. The first-order chi connectivity index (χ1) is 19.1. The number of sulfonamides is 1. The fourth-order valence-corrected chi connectivity index (χ4v) is 6.04. The third-order valence-electron chi connectivity index (χ3n) is 6.97. The first kappa shape index (κ1) is 30.9. The molecular formula is C27H40N6O6S. The minimum Gasteiger partial charge on any atom is -0.480 e. The Balaban J connectivity index is 1.83. The number of rotatable bonds is 14. The van der Waals surface area contributed by atoms with Gasteiger partial charge in [0.05, 0.1) is 11.4 Å². The first-order valence-electron chi connectivity index (χ1n) is 13.8. The molecule has 0 spiro atoms. The molecule has 2 aromatic rings. The van der Waals surface area contributed by atoms with Gasteiger partial charge < -0.3 is 25.0 Å². The van der Waals surface area contributed by atoms with Crippen LogP contribution in [-0.2, 0) is 21.2 Å². The van der Waals surface area contributed by atoms with Crippen LogP contribution < -0.4 is 19.7 Å². The van der Waals surface area contributed by atoms with Crippen LogP contribution >= 0.6 is 0 Å². The van der Waals surface area contributed by atoms with Crippen LogP contribution in [0.25, 0.3) is 0 Å². The number of anilines is 3. The van der Waals surface area contributed by atoms with Gasteiger partial charge in [-0.15, -0.1) is 0 Å². The molecule has 1 aliphatic heterocycles. The lowest BCUT2D eigenvalue weighted by atomic mass is 10.1. The molecule has 0 bridgehead atoms. The Morgan fingerprint density at radius 3 is 2.25 bits per heavy atom. The summed E-state index contributed by atoms with van der Waals surface area (Å²) in [7, 11) is -3.75. The molecule has 40 heavy (non-hydrogen) atoms. The molecule has 0 radical (unpaired) electrons. The lowest BCUT2D eigenvalue weighted by Gasteiger charge is -2.23. The number of hydrogen-bond donors (Lipinski definition) is 3. The number of likely N-dealkylation sites (tertiary alicyclic amines) is 1. The van der Waals surface area contributed by atoms with Gasteiger partial charge in [-0.2, -0.15) is 4.98 Å². The van der Waals surface area contributed by atoms with E-state index in [1.807, 2.05) is 18.7 Å². The average molecular weight is 577 g/mol. The summed E-state index contributed by atoms with van der Waals surface area (Å²) in [5.74, 6) is -0.333. The van der Waals surface area contributed by atoms with E-state index in [1.165, 1.54) is 6.20 Å². The minimum atomic E-state index is -3.75. The van der Waals surface area contributed by atoms with E-state index >= 15 is 0 Å². The second-order valence-electron chi connectivity index (χ2n) is 9.64. The van der Waals surface area contributed by atoms with E-state index in [9.17, 15) is 23.1 Å². The molecule has 2 heterocycles. The Morgan fingerprint density at radius 1 is 1.07 bits per heavy atom. The Hall–Kier alpha value is -3.61. The van der Waals surface area contributed by atoms with Crippen LogP contribution in [0.4, 0.5) is 22.2 Å². The zero-order valence-electron chi connectivity index (χ0n) is 23.6. The summed E-state index contributed by atoms with van der Waals surface area (Å²) >= 11 is 0. The van der Waals surface area contributed by atoms with Crippen LogP contribution in [0, 0.1) is 0 Å². The van der Waals surface area contributed by atoms with Crippen molar-refractivity contribution in [3.8, 4) is 5.75 Å². The third kappa shape index (κ3) is 7.96. The molecule has 0 aliphatic carbocycles. The summed E-state index contributed by atoms with van der Waals surface area (Å²) in [6, 6.07) is 5.51. The molecule has 1 aromatic carbocycles. The van der Waals surface area contributed by atoms with Gasteiger partial charge in [0, 0.05) is 32.6 Å². The van der Waals surface area contributed by atoms with E-state index in [2.05, 4.69) is 20.0 Å². The number of amides is 1. The van der Waals surface area contributed by atoms with Crippen LogP contribution in [0.3, 0.4) is 0 Å². The van der Waals surface area contributed by atoms with E-state index < -0.39 is 33.4 Å². The summed E-state index contributed by atoms with van der Waals surface area (Å²) in [6.07, 6.45) is 3.81. The quantitative estimate of drug-likeness (QED) is 0.301. The molecule has 1 atom stereocenters. The Bertz CT molecular complexity index is 1240. The second kappa shape index (κ2) is 14.1. The zero-order chi connectivity index (χ0) is 29.3. The number of carboxylic acid groups (broad SMARTS) is 1. The number of carboxylic acids is 1. The number of carbonyl (C=O) groups is 2. The molecule has 3 N–H and O–H groups in total. The molecule has 1 aromatic heterocycles. The molecule has 1 aliphatic rings. The van der Waals surface area contributed by atoms with Crippen molar-refractivity contribution < 1.29 is 27.9 Å². The first-order valence-corrected chi connectivity index (χ1v) is 15.3. The van der Waals surface area contributed by atoms with Crippen molar-refractivity contribution in [2.75, 3.05) is 41.1 Å². The van der Waals surface area contributed by atoms with Crippen LogP contribution in [0.5, 0.6) is 5.75 Å². The van der Waals surface area contributed by atoms with E-state index in [1.54, 1.807) is 43.0 Å². The fraction of sp³-hybridized carbons (Fsp3) is 0.556. The molecule has 12 nitrogen and oxygen atoms in total. The third-order valence-corrected chi connectivity index (χ3v) is 9.01. The highest BCUT2D eigenvalue weighted by molar-refractivity contribution is 7.93. The van der Waals surface area contributed by atoms with Gasteiger partial charge in [-0.1, -0.05) is 26.0 Å². The number of nitrogens with one attached hydrogen (secondary N) is 2. The zero-order valence-corrected chi connectivity index (χ0v) is 24.4.